The first-order valence-electron chi connectivity index (χ1n) is 5.47. The van der Waals surface area contributed by atoms with Gasteiger partial charge in [-0.05, 0) is 50.5 Å². The number of benzene rings is 1. The summed E-state index contributed by atoms with van der Waals surface area (Å²) >= 11 is 0. The fourth-order valence-corrected chi connectivity index (χ4v) is 1.54. The largest absolute Gasteiger partial charge is 0.491 e. The van der Waals surface area contributed by atoms with Gasteiger partial charge in [-0.1, -0.05) is 6.07 Å². The van der Waals surface area contributed by atoms with Gasteiger partial charge < -0.3 is 9.84 Å². The molecule has 0 saturated heterocycles. The fourth-order valence-electron chi connectivity index (χ4n) is 1.54. The highest BCUT2D eigenvalue weighted by atomic mass is 16.5. The Bertz CT molecular complexity index is 369. The van der Waals surface area contributed by atoms with Crippen LogP contribution >= 0.6 is 0 Å². The molecule has 16 heavy (non-hydrogen) atoms. The maximum Gasteiger partial charge on any atom is 0.303 e. The van der Waals surface area contributed by atoms with E-state index in [2.05, 4.69) is 0 Å². The molecule has 3 nitrogen and oxygen atoms in total. The smallest absolute Gasteiger partial charge is 0.303 e. The molecule has 0 aliphatic heterocycles. The molecule has 0 aromatic heterocycles. The Morgan fingerprint density at radius 1 is 1.44 bits per heavy atom. The van der Waals surface area contributed by atoms with Crippen LogP contribution in [0.1, 0.15) is 31.4 Å². The number of rotatable bonds is 5. The van der Waals surface area contributed by atoms with Crippen molar-refractivity contribution in [1.29, 1.82) is 0 Å². The maximum atomic E-state index is 10.5. The summed E-state index contributed by atoms with van der Waals surface area (Å²) in [5.41, 5.74) is 2.15. The first-order chi connectivity index (χ1) is 7.49. The molecule has 0 radical (unpaired) electrons. The minimum Gasteiger partial charge on any atom is -0.491 e. The highest BCUT2D eigenvalue weighted by molar-refractivity contribution is 5.67. The van der Waals surface area contributed by atoms with E-state index in [1.54, 1.807) is 0 Å². The van der Waals surface area contributed by atoms with Crippen molar-refractivity contribution in [2.75, 3.05) is 0 Å². The standard InChI is InChI=1S/C13H18O3/c1-9(2)16-12-6-4-11(10(3)8-12)5-7-13(14)15/h4,6,8-9H,5,7H2,1-3H3,(H,14,15). The summed E-state index contributed by atoms with van der Waals surface area (Å²) in [4.78, 5) is 10.5. The highest BCUT2D eigenvalue weighted by Gasteiger charge is 2.04. The van der Waals surface area contributed by atoms with Crippen LogP contribution in [0.4, 0.5) is 0 Å². The molecule has 0 spiro atoms. The number of carboxylic acid groups (broad SMARTS) is 1. The number of aliphatic carboxylic acids is 1. The van der Waals surface area contributed by atoms with Crippen molar-refractivity contribution in [1.82, 2.24) is 0 Å². The van der Waals surface area contributed by atoms with Crippen molar-refractivity contribution < 1.29 is 14.6 Å². The van der Waals surface area contributed by atoms with Gasteiger partial charge in [-0.2, -0.15) is 0 Å². The van der Waals surface area contributed by atoms with Crippen molar-refractivity contribution in [2.24, 2.45) is 0 Å². The third-order valence-electron chi connectivity index (χ3n) is 2.29. The number of aryl methyl sites for hydroxylation is 2. The van der Waals surface area contributed by atoms with Gasteiger partial charge in [-0.3, -0.25) is 4.79 Å². The van der Waals surface area contributed by atoms with E-state index < -0.39 is 5.97 Å². The Balaban J connectivity index is 2.71. The van der Waals surface area contributed by atoms with Gasteiger partial charge in [-0.15, -0.1) is 0 Å². The lowest BCUT2D eigenvalue weighted by atomic mass is 10.0. The van der Waals surface area contributed by atoms with Crippen LogP contribution in [0.5, 0.6) is 5.75 Å². The molecular formula is C13H18O3. The zero-order valence-electron chi connectivity index (χ0n) is 9.99. The van der Waals surface area contributed by atoms with Gasteiger partial charge >= 0.3 is 5.97 Å². The zero-order chi connectivity index (χ0) is 12.1. The number of carbonyl (C=O) groups is 1. The first kappa shape index (κ1) is 12.6. The second kappa shape index (κ2) is 5.54. The molecule has 1 aromatic carbocycles. The van der Waals surface area contributed by atoms with Crippen molar-refractivity contribution in [3.05, 3.63) is 29.3 Å². The van der Waals surface area contributed by atoms with Gasteiger partial charge in [0.1, 0.15) is 5.75 Å². The molecule has 0 aliphatic carbocycles. The van der Waals surface area contributed by atoms with Gasteiger partial charge in [0.05, 0.1) is 6.10 Å². The topological polar surface area (TPSA) is 46.5 Å². The number of ether oxygens (including phenoxy) is 1. The highest BCUT2D eigenvalue weighted by Crippen LogP contribution is 2.19. The minimum atomic E-state index is -0.762. The Labute approximate surface area is 96.1 Å². The maximum absolute atomic E-state index is 10.5. The lowest BCUT2D eigenvalue weighted by Crippen LogP contribution is -2.06. The summed E-state index contributed by atoms with van der Waals surface area (Å²) in [6.07, 6.45) is 0.901. The van der Waals surface area contributed by atoms with Crippen molar-refractivity contribution in [2.45, 2.75) is 39.7 Å². The van der Waals surface area contributed by atoms with E-state index in [0.717, 1.165) is 16.9 Å². The fraction of sp³-hybridized carbons (Fsp3) is 0.462. The molecule has 0 atom stereocenters. The average molecular weight is 222 g/mol. The van der Waals surface area contributed by atoms with E-state index in [4.69, 9.17) is 9.84 Å². The van der Waals surface area contributed by atoms with Crippen LogP contribution in [0, 0.1) is 6.92 Å². The third-order valence-corrected chi connectivity index (χ3v) is 2.29. The van der Waals surface area contributed by atoms with Gasteiger partial charge in [0, 0.05) is 6.42 Å². The van der Waals surface area contributed by atoms with Crippen LogP contribution in [-0.4, -0.2) is 17.2 Å². The van der Waals surface area contributed by atoms with Gasteiger partial charge in [0.15, 0.2) is 0 Å². The predicted octanol–water partition coefficient (Wildman–Crippen LogP) is 2.80. The van der Waals surface area contributed by atoms with E-state index in [1.807, 2.05) is 39.0 Å². The van der Waals surface area contributed by atoms with Crippen molar-refractivity contribution >= 4 is 5.97 Å². The van der Waals surface area contributed by atoms with Crippen molar-refractivity contribution in [3.63, 3.8) is 0 Å². The molecule has 0 bridgehead atoms. The number of carboxylic acids is 1. The minimum absolute atomic E-state index is 0.157. The molecule has 0 heterocycles. The lowest BCUT2D eigenvalue weighted by Gasteiger charge is -2.12. The summed E-state index contributed by atoms with van der Waals surface area (Å²) in [5, 5.41) is 8.61. The molecule has 0 fully saturated rings. The summed E-state index contributed by atoms with van der Waals surface area (Å²) in [6, 6.07) is 5.79. The van der Waals surface area contributed by atoms with Crippen LogP contribution in [-0.2, 0) is 11.2 Å². The van der Waals surface area contributed by atoms with Crippen molar-refractivity contribution in [3.8, 4) is 5.75 Å². The Morgan fingerprint density at radius 3 is 2.62 bits per heavy atom. The average Bonchev–Trinajstić information content (AvgIpc) is 2.15. The third kappa shape index (κ3) is 3.93. The van der Waals surface area contributed by atoms with E-state index in [0.29, 0.717) is 6.42 Å². The van der Waals surface area contributed by atoms with Gasteiger partial charge in [0.25, 0.3) is 0 Å². The van der Waals surface area contributed by atoms with Gasteiger partial charge in [0.2, 0.25) is 0 Å². The van der Waals surface area contributed by atoms with Crippen LogP contribution < -0.4 is 4.74 Å². The molecule has 0 amide bonds. The summed E-state index contributed by atoms with van der Waals surface area (Å²) < 4.78 is 5.56. The molecule has 0 saturated carbocycles. The van der Waals surface area contributed by atoms with Crippen LogP contribution in [0.15, 0.2) is 18.2 Å². The van der Waals surface area contributed by atoms with Crippen LogP contribution in [0.25, 0.3) is 0 Å². The SMILES string of the molecule is Cc1cc(OC(C)C)ccc1CCC(=O)O. The molecule has 0 aliphatic rings. The Hall–Kier alpha value is -1.51. The predicted molar refractivity (Wildman–Crippen MR) is 62.9 cm³/mol. The molecule has 3 heteroatoms. The van der Waals surface area contributed by atoms with E-state index in [-0.39, 0.29) is 12.5 Å². The van der Waals surface area contributed by atoms with Gasteiger partial charge in [-0.25, -0.2) is 0 Å². The van der Waals surface area contributed by atoms with Crippen LogP contribution in [0.3, 0.4) is 0 Å². The summed E-state index contributed by atoms with van der Waals surface area (Å²) in [5.74, 6) is 0.0773. The molecule has 0 unspecified atom stereocenters. The zero-order valence-corrected chi connectivity index (χ0v) is 9.99. The molecule has 1 N–H and O–H groups in total. The second-order valence-corrected chi connectivity index (χ2v) is 4.15. The van der Waals surface area contributed by atoms with Crippen LogP contribution in [0.2, 0.25) is 0 Å². The quantitative estimate of drug-likeness (QED) is 0.833. The molecular weight excluding hydrogens is 204 g/mol. The monoisotopic (exact) mass is 222 g/mol. The van der Waals surface area contributed by atoms with E-state index in [1.165, 1.54) is 0 Å². The normalized spacial score (nSPS) is 10.5. The Morgan fingerprint density at radius 2 is 2.12 bits per heavy atom. The Kier molecular flexibility index (Phi) is 4.35. The summed E-state index contributed by atoms with van der Waals surface area (Å²) in [6.45, 7) is 5.94. The lowest BCUT2D eigenvalue weighted by molar-refractivity contribution is -0.136. The van der Waals surface area contributed by atoms with E-state index >= 15 is 0 Å². The molecule has 88 valence electrons. The van der Waals surface area contributed by atoms with E-state index in [9.17, 15) is 4.79 Å². The molecule has 1 rings (SSSR count). The molecule has 1 aromatic rings. The summed E-state index contributed by atoms with van der Waals surface area (Å²) in [7, 11) is 0. The number of hydrogen-bond donors (Lipinski definition) is 1. The first-order valence-corrected chi connectivity index (χ1v) is 5.47. The number of hydrogen-bond acceptors (Lipinski definition) is 2. The second-order valence-electron chi connectivity index (χ2n) is 4.15.